The van der Waals surface area contributed by atoms with Crippen LogP contribution in [-0.4, -0.2) is 50.4 Å². The average Bonchev–Trinajstić information content (AvgIpc) is 3.12. The molecule has 0 aliphatic rings. The summed E-state index contributed by atoms with van der Waals surface area (Å²) in [5, 5.41) is 6.67. The molecule has 8 nitrogen and oxygen atoms in total. The number of ether oxygens (including phenoxy) is 1. The maximum absolute atomic E-state index is 12.6. The Kier molecular flexibility index (Phi) is 6.20. The van der Waals surface area contributed by atoms with Gasteiger partial charge in [0.1, 0.15) is 24.3 Å². The minimum atomic E-state index is -0.693. The number of hydrogen-bond donors (Lipinski definition) is 1. The van der Waals surface area contributed by atoms with Crippen LogP contribution in [0, 0.1) is 0 Å². The highest BCUT2D eigenvalue weighted by molar-refractivity contribution is 5.85. The molecule has 1 aromatic carbocycles. The Balaban J connectivity index is 1.99. The summed E-state index contributed by atoms with van der Waals surface area (Å²) >= 11 is 0. The molecule has 0 fully saturated rings. The smallest absolute Gasteiger partial charge is 0.408 e. The van der Waals surface area contributed by atoms with Crippen LogP contribution in [-0.2, 0) is 9.53 Å². The number of likely N-dealkylation sites (N-methyl/N-ethyl adjacent to an activating group) is 1. The third-order valence-electron chi connectivity index (χ3n) is 4.09. The van der Waals surface area contributed by atoms with E-state index < -0.39 is 17.7 Å². The van der Waals surface area contributed by atoms with Gasteiger partial charge in [-0.15, -0.1) is 0 Å². The van der Waals surface area contributed by atoms with E-state index in [0.29, 0.717) is 0 Å². The van der Waals surface area contributed by atoms with Crippen LogP contribution < -0.4 is 5.32 Å². The zero-order valence-electron chi connectivity index (χ0n) is 16.6. The molecule has 0 bridgehead atoms. The lowest BCUT2D eigenvalue weighted by molar-refractivity contribution is -0.133. The highest BCUT2D eigenvalue weighted by atomic mass is 16.6. The van der Waals surface area contributed by atoms with Gasteiger partial charge in [0.2, 0.25) is 5.91 Å². The molecule has 1 N–H and O–H groups in total. The topological polar surface area (TPSA) is 89.4 Å². The summed E-state index contributed by atoms with van der Waals surface area (Å²) in [4.78, 5) is 30.0. The molecular formula is C19H27N5O3. The molecule has 2 unspecified atom stereocenters. The lowest BCUT2D eigenvalue weighted by atomic mass is 10.1. The number of rotatable bonds is 5. The molecule has 1 heterocycles. The highest BCUT2D eigenvalue weighted by Crippen LogP contribution is 2.21. The second-order valence-electron chi connectivity index (χ2n) is 7.42. The number of benzene rings is 1. The van der Waals surface area contributed by atoms with Gasteiger partial charge in [-0.2, -0.15) is 5.10 Å². The van der Waals surface area contributed by atoms with Gasteiger partial charge < -0.3 is 15.0 Å². The molecule has 2 atom stereocenters. The summed E-state index contributed by atoms with van der Waals surface area (Å²) in [5.74, 6) is -0.200. The standard InChI is InChI=1S/C19H27N5O3/c1-13(22-18(26)27-19(3,4)5)17(25)23(6)14(2)15-7-9-16(10-8-15)24-12-20-11-21-24/h7-14H,1-6H3,(H,22,26). The normalized spacial score (nSPS) is 13.6. The van der Waals surface area contributed by atoms with E-state index >= 15 is 0 Å². The van der Waals surface area contributed by atoms with E-state index in [4.69, 9.17) is 4.74 Å². The van der Waals surface area contributed by atoms with Crippen molar-refractivity contribution in [3.8, 4) is 5.69 Å². The zero-order chi connectivity index (χ0) is 20.2. The maximum atomic E-state index is 12.6. The van der Waals surface area contributed by atoms with Gasteiger partial charge in [0.15, 0.2) is 0 Å². The quantitative estimate of drug-likeness (QED) is 0.870. The Morgan fingerprint density at radius 3 is 2.33 bits per heavy atom. The largest absolute Gasteiger partial charge is 0.444 e. The van der Waals surface area contributed by atoms with Gasteiger partial charge in [-0.3, -0.25) is 4.79 Å². The fourth-order valence-electron chi connectivity index (χ4n) is 2.51. The van der Waals surface area contributed by atoms with Crippen molar-refractivity contribution in [1.29, 1.82) is 0 Å². The first-order chi connectivity index (χ1) is 12.6. The van der Waals surface area contributed by atoms with Crippen LogP contribution in [0.5, 0.6) is 0 Å². The lowest BCUT2D eigenvalue weighted by Crippen LogP contribution is -2.47. The predicted octanol–water partition coefficient (Wildman–Crippen LogP) is 2.70. The minimum absolute atomic E-state index is 0.162. The fraction of sp³-hybridized carbons (Fsp3) is 0.474. The molecule has 0 radical (unpaired) electrons. The average molecular weight is 373 g/mol. The van der Waals surface area contributed by atoms with Crippen molar-refractivity contribution in [2.24, 2.45) is 0 Å². The van der Waals surface area contributed by atoms with E-state index in [0.717, 1.165) is 11.3 Å². The molecule has 0 saturated carbocycles. The molecule has 2 rings (SSSR count). The molecule has 0 saturated heterocycles. The Hall–Kier alpha value is -2.90. The molecule has 2 amide bonds. The maximum Gasteiger partial charge on any atom is 0.408 e. The third-order valence-corrected chi connectivity index (χ3v) is 4.09. The summed E-state index contributed by atoms with van der Waals surface area (Å²) in [5.41, 5.74) is 1.24. The number of alkyl carbamates (subject to hydrolysis) is 1. The van der Waals surface area contributed by atoms with Crippen LogP contribution in [0.25, 0.3) is 5.69 Å². The summed E-state index contributed by atoms with van der Waals surface area (Å²) in [6.07, 6.45) is 2.49. The van der Waals surface area contributed by atoms with Crippen LogP contribution in [0.2, 0.25) is 0 Å². The van der Waals surface area contributed by atoms with Crippen molar-refractivity contribution in [2.45, 2.75) is 52.3 Å². The van der Waals surface area contributed by atoms with E-state index in [1.807, 2.05) is 31.2 Å². The highest BCUT2D eigenvalue weighted by Gasteiger charge is 2.25. The number of carbonyl (C=O) groups is 2. The van der Waals surface area contributed by atoms with E-state index in [1.54, 1.807) is 50.7 Å². The van der Waals surface area contributed by atoms with E-state index in [1.165, 1.54) is 6.33 Å². The van der Waals surface area contributed by atoms with Crippen molar-refractivity contribution in [3.05, 3.63) is 42.5 Å². The Bertz CT molecular complexity index is 766. The second-order valence-corrected chi connectivity index (χ2v) is 7.42. The van der Waals surface area contributed by atoms with Crippen molar-refractivity contribution in [1.82, 2.24) is 25.0 Å². The van der Waals surface area contributed by atoms with Crippen molar-refractivity contribution >= 4 is 12.0 Å². The van der Waals surface area contributed by atoms with Crippen LogP contribution in [0.1, 0.15) is 46.2 Å². The number of carbonyl (C=O) groups excluding carboxylic acids is 2. The first-order valence-corrected chi connectivity index (χ1v) is 8.79. The number of hydrogen-bond acceptors (Lipinski definition) is 5. The molecular weight excluding hydrogens is 346 g/mol. The van der Waals surface area contributed by atoms with Crippen LogP contribution >= 0.6 is 0 Å². The molecule has 0 aliphatic heterocycles. The van der Waals surface area contributed by atoms with Gasteiger partial charge in [-0.1, -0.05) is 12.1 Å². The molecule has 0 aliphatic carbocycles. The predicted molar refractivity (Wildman–Crippen MR) is 101 cm³/mol. The Morgan fingerprint density at radius 1 is 1.19 bits per heavy atom. The SMILES string of the molecule is CC(NC(=O)OC(C)(C)C)C(=O)N(C)C(C)c1ccc(-n2cncn2)cc1. The van der Waals surface area contributed by atoms with Crippen molar-refractivity contribution in [2.75, 3.05) is 7.05 Å². The zero-order valence-corrected chi connectivity index (χ0v) is 16.6. The molecule has 1 aromatic heterocycles. The minimum Gasteiger partial charge on any atom is -0.444 e. The number of nitrogens with one attached hydrogen (secondary N) is 1. The van der Waals surface area contributed by atoms with Gasteiger partial charge in [0.05, 0.1) is 11.7 Å². The molecule has 146 valence electrons. The van der Waals surface area contributed by atoms with Gasteiger partial charge >= 0.3 is 6.09 Å². The lowest BCUT2D eigenvalue weighted by Gasteiger charge is -2.29. The van der Waals surface area contributed by atoms with Crippen molar-refractivity contribution in [3.63, 3.8) is 0 Å². The molecule has 27 heavy (non-hydrogen) atoms. The molecule has 2 aromatic rings. The number of amides is 2. The fourth-order valence-corrected chi connectivity index (χ4v) is 2.51. The van der Waals surface area contributed by atoms with Gasteiger partial charge in [-0.05, 0) is 52.3 Å². The van der Waals surface area contributed by atoms with Crippen molar-refractivity contribution < 1.29 is 14.3 Å². The summed E-state index contributed by atoms with van der Waals surface area (Å²) in [6, 6.07) is 6.86. The molecule has 0 spiro atoms. The first kappa shape index (κ1) is 20.4. The van der Waals surface area contributed by atoms with E-state index in [9.17, 15) is 9.59 Å². The van der Waals surface area contributed by atoms with Crippen LogP contribution in [0.4, 0.5) is 4.79 Å². The monoisotopic (exact) mass is 373 g/mol. The Morgan fingerprint density at radius 2 is 1.81 bits per heavy atom. The van der Waals surface area contributed by atoms with Crippen LogP contribution in [0.3, 0.4) is 0 Å². The second kappa shape index (κ2) is 8.20. The van der Waals surface area contributed by atoms with Crippen LogP contribution in [0.15, 0.2) is 36.9 Å². The summed E-state index contributed by atoms with van der Waals surface area (Å²) in [7, 11) is 1.71. The summed E-state index contributed by atoms with van der Waals surface area (Å²) in [6.45, 7) is 8.90. The third kappa shape index (κ3) is 5.54. The van der Waals surface area contributed by atoms with Gasteiger partial charge in [0, 0.05) is 7.05 Å². The molecule has 8 heteroatoms. The van der Waals surface area contributed by atoms with E-state index in [-0.39, 0.29) is 11.9 Å². The van der Waals surface area contributed by atoms with Gasteiger partial charge in [-0.25, -0.2) is 14.5 Å². The van der Waals surface area contributed by atoms with E-state index in [2.05, 4.69) is 15.4 Å². The van der Waals surface area contributed by atoms with Gasteiger partial charge in [0.25, 0.3) is 0 Å². The Labute approximate surface area is 159 Å². The number of aromatic nitrogens is 3. The number of nitrogens with zero attached hydrogens (tertiary/aromatic N) is 4. The first-order valence-electron chi connectivity index (χ1n) is 8.79. The summed E-state index contributed by atoms with van der Waals surface area (Å²) < 4.78 is 6.86.